The maximum absolute atomic E-state index is 12.9. The standard InChI is InChI=1S/C20H23Cl2FN2O3/c1-2-9-25(11-16(26)13-28-17-6-4-15(23)5-7-17)12-20(27)24-19-8-3-14(21)10-18(19)22/h3-8,10,16,26H,2,9,11-13H2,1H3,(H,24,27). The highest BCUT2D eigenvalue weighted by molar-refractivity contribution is 6.36. The average Bonchev–Trinajstić information content (AvgIpc) is 2.64. The zero-order chi connectivity index (χ0) is 20.5. The quantitative estimate of drug-likeness (QED) is 0.594. The third-order valence-electron chi connectivity index (χ3n) is 3.84. The second-order valence-corrected chi connectivity index (χ2v) is 7.17. The highest BCUT2D eigenvalue weighted by Crippen LogP contribution is 2.25. The summed E-state index contributed by atoms with van der Waals surface area (Å²) in [6, 6.07) is 10.4. The molecule has 2 rings (SSSR count). The molecule has 0 radical (unpaired) electrons. The van der Waals surface area contributed by atoms with Crippen LogP contribution in [0.15, 0.2) is 42.5 Å². The van der Waals surface area contributed by atoms with Crippen LogP contribution in [-0.2, 0) is 4.79 Å². The topological polar surface area (TPSA) is 61.8 Å². The van der Waals surface area contributed by atoms with Crippen LogP contribution in [0, 0.1) is 5.82 Å². The van der Waals surface area contributed by atoms with Crippen molar-refractivity contribution in [3.63, 3.8) is 0 Å². The van der Waals surface area contributed by atoms with Gasteiger partial charge in [0.1, 0.15) is 24.3 Å². The lowest BCUT2D eigenvalue weighted by Crippen LogP contribution is -2.40. The first-order valence-electron chi connectivity index (χ1n) is 8.91. The van der Waals surface area contributed by atoms with Gasteiger partial charge in [-0.25, -0.2) is 4.39 Å². The van der Waals surface area contributed by atoms with E-state index in [-0.39, 0.29) is 31.4 Å². The first-order chi connectivity index (χ1) is 13.4. The molecule has 28 heavy (non-hydrogen) atoms. The molecule has 5 nitrogen and oxygen atoms in total. The van der Waals surface area contributed by atoms with E-state index in [4.69, 9.17) is 27.9 Å². The second-order valence-electron chi connectivity index (χ2n) is 6.33. The van der Waals surface area contributed by atoms with Crippen LogP contribution in [0.2, 0.25) is 10.0 Å². The summed E-state index contributed by atoms with van der Waals surface area (Å²) in [5.41, 5.74) is 0.479. The van der Waals surface area contributed by atoms with E-state index in [0.29, 0.717) is 28.0 Å². The van der Waals surface area contributed by atoms with Gasteiger partial charge >= 0.3 is 0 Å². The number of hydrogen-bond donors (Lipinski definition) is 2. The smallest absolute Gasteiger partial charge is 0.238 e. The van der Waals surface area contributed by atoms with E-state index >= 15 is 0 Å². The van der Waals surface area contributed by atoms with Gasteiger partial charge in [0, 0.05) is 11.6 Å². The number of benzene rings is 2. The first-order valence-corrected chi connectivity index (χ1v) is 9.66. The van der Waals surface area contributed by atoms with Crippen LogP contribution in [0.4, 0.5) is 10.1 Å². The third-order valence-corrected chi connectivity index (χ3v) is 4.39. The number of aliphatic hydroxyl groups is 1. The molecule has 0 saturated carbocycles. The minimum atomic E-state index is -0.802. The predicted molar refractivity (Wildman–Crippen MR) is 110 cm³/mol. The molecule has 0 aliphatic heterocycles. The molecule has 0 spiro atoms. The molecule has 1 atom stereocenters. The average molecular weight is 429 g/mol. The number of hydrogen-bond acceptors (Lipinski definition) is 4. The highest BCUT2D eigenvalue weighted by atomic mass is 35.5. The Labute approximate surface area is 174 Å². The summed E-state index contributed by atoms with van der Waals surface area (Å²) in [6.45, 7) is 3.02. The Morgan fingerprint density at radius 2 is 1.96 bits per heavy atom. The van der Waals surface area contributed by atoms with Gasteiger partial charge in [-0.05, 0) is 55.4 Å². The van der Waals surface area contributed by atoms with Crippen LogP contribution in [0.3, 0.4) is 0 Å². The van der Waals surface area contributed by atoms with E-state index < -0.39 is 6.10 Å². The molecule has 2 N–H and O–H groups in total. The lowest BCUT2D eigenvalue weighted by atomic mass is 10.3. The van der Waals surface area contributed by atoms with Crippen LogP contribution >= 0.6 is 23.2 Å². The number of amides is 1. The summed E-state index contributed by atoms with van der Waals surface area (Å²) in [5.74, 6) is -0.129. The van der Waals surface area contributed by atoms with Gasteiger partial charge in [-0.15, -0.1) is 0 Å². The normalized spacial score (nSPS) is 12.1. The molecule has 0 aliphatic rings. The first kappa shape index (κ1) is 22.4. The van der Waals surface area contributed by atoms with Crippen molar-refractivity contribution >= 4 is 34.8 Å². The van der Waals surface area contributed by atoms with Gasteiger partial charge < -0.3 is 15.2 Å². The molecule has 0 heterocycles. The van der Waals surface area contributed by atoms with Gasteiger partial charge in [-0.1, -0.05) is 30.1 Å². The van der Waals surface area contributed by atoms with Crippen molar-refractivity contribution in [2.75, 3.05) is 31.6 Å². The second kappa shape index (κ2) is 11.2. The molecule has 8 heteroatoms. The van der Waals surface area contributed by atoms with Crippen molar-refractivity contribution in [2.45, 2.75) is 19.4 Å². The number of rotatable bonds is 10. The van der Waals surface area contributed by atoms with Gasteiger partial charge in [0.15, 0.2) is 0 Å². The molecule has 0 aromatic heterocycles. The number of carbonyl (C=O) groups excluding carboxylic acids is 1. The van der Waals surface area contributed by atoms with E-state index in [1.807, 2.05) is 11.8 Å². The lowest BCUT2D eigenvalue weighted by molar-refractivity contribution is -0.117. The van der Waals surface area contributed by atoms with E-state index in [2.05, 4.69) is 5.32 Å². The van der Waals surface area contributed by atoms with Crippen LogP contribution in [0.1, 0.15) is 13.3 Å². The Balaban J connectivity index is 1.85. The Kier molecular flexibility index (Phi) is 8.99. The fourth-order valence-electron chi connectivity index (χ4n) is 2.61. The molecule has 2 aromatic rings. The molecule has 0 fully saturated rings. The maximum Gasteiger partial charge on any atom is 0.238 e. The molecule has 1 amide bonds. The molecule has 152 valence electrons. The number of aliphatic hydroxyl groups excluding tert-OH is 1. The Morgan fingerprint density at radius 1 is 1.25 bits per heavy atom. The van der Waals surface area contributed by atoms with Crippen LogP contribution in [0.25, 0.3) is 0 Å². The van der Waals surface area contributed by atoms with Crippen molar-refractivity contribution in [2.24, 2.45) is 0 Å². The van der Waals surface area contributed by atoms with Gasteiger partial charge in [0.2, 0.25) is 5.91 Å². The molecule has 0 saturated heterocycles. The Bertz CT molecular complexity index is 775. The van der Waals surface area contributed by atoms with Crippen molar-refractivity contribution in [1.29, 1.82) is 0 Å². The summed E-state index contributed by atoms with van der Waals surface area (Å²) in [5, 5.41) is 13.8. The summed E-state index contributed by atoms with van der Waals surface area (Å²) in [4.78, 5) is 14.2. The van der Waals surface area contributed by atoms with Crippen molar-refractivity contribution < 1.29 is 19.0 Å². The maximum atomic E-state index is 12.9. The zero-order valence-electron chi connectivity index (χ0n) is 15.5. The molecular formula is C20H23Cl2FN2O3. The minimum absolute atomic E-state index is 0.0382. The van der Waals surface area contributed by atoms with Gasteiger partial charge in [-0.2, -0.15) is 0 Å². The molecular weight excluding hydrogens is 406 g/mol. The largest absolute Gasteiger partial charge is 0.491 e. The van der Waals surface area contributed by atoms with Crippen LogP contribution < -0.4 is 10.1 Å². The number of anilines is 1. The Hall–Kier alpha value is -1.86. The highest BCUT2D eigenvalue weighted by Gasteiger charge is 2.16. The lowest BCUT2D eigenvalue weighted by Gasteiger charge is -2.24. The van der Waals surface area contributed by atoms with Crippen molar-refractivity contribution in [1.82, 2.24) is 4.90 Å². The molecule has 0 bridgehead atoms. The number of halogens is 3. The number of nitrogens with zero attached hydrogens (tertiary/aromatic N) is 1. The number of ether oxygens (including phenoxy) is 1. The summed E-state index contributed by atoms with van der Waals surface area (Å²) in [6.07, 6.45) is 0.0177. The zero-order valence-corrected chi connectivity index (χ0v) is 17.0. The van der Waals surface area contributed by atoms with E-state index in [1.54, 1.807) is 18.2 Å². The summed E-state index contributed by atoms with van der Waals surface area (Å²) >= 11 is 11.9. The predicted octanol–water partition coefficient (Wildman–Crippen LogP) is 4.22. The van der Waals surface area contributed by atoms with Crippen LogP contribution in [0.5, 0.6) is 5.75 Å². The number of nitrogens with one attached hydrogen (secondary N) is 1. The molecule has 2 aromatic carbocycles. The Morgan fingerprint density at radius 3 is 2.61 bits per heavy atom. The molecule has 1 unspecified atom stereocenters. The molecule has 0 aliphatic carbocycles. The summed E-state index contributed by atoms with van der Waals surface area (Å²) < 4.78 is 18.4. The van der Waals surface area contributed by atoms with Crippen LogP contribution in [-0.4, -0.2) is 48.3 Å². The number of carbonyl (C=O) groups is 1. The van der Waals surface area contributed by atoms with Crippen molar-refractivity contribution in [3.05, 3.63) is 58.3 Å². The monoisotopic (exact) mass is 428 g/mol. The summed E-state index contributed by atoms with van der Waals surface area (Å²) in [7, 11) is 0. The van der Waals surface area contributed by atoms with Gasteiger partial charge in [-0.3, -0.25) is 9.69 Å². The fourth-order valence-corrected chi connectivity index (χ4v) is 3.06. The van der Waals surface area contributed by atoms with E-state index in [1.165, 1.54) is 24.3 Å². The van der Waals surface area contributed by atoms with Crippen molar-refractivity contribution in [3.8, 4) is 5.75 Å². The minimum Gasteiger partial charge on any atom is -0.491 e. The van der Waals surface area contributed by atoms with E-state index in [9.17, 15) is 14.3 Å². The SMILES string of the molecule is CCCN(CC(=O)Nc1ccc(Cl)cc1Cl)CC(O)COc1ccc(F)cc1. The third kappa shape index (κ3) is 7.64. The van der Waals surface area contributed by atoms with Gasteiger partial charge in [0.25, 0.3) is 0 Å². The van der Waals surface area contributed by atoms with Gasteiger partial charge in [0.05, 0.1) is 17.3 Å². The fraction of sp³-hybridized carbons (Fsp3) is 0.350. The van der Waals surface area contributed by atoms with E-state index in [0.717, 1.165) is 6.42 Å².